The van der Waals surface area contributed by atoms with Crippen molar-refractivity contribution in [2.75, 3.05) is 23.9 Å². The van der Waals surface area contributed by atoms with Crippen molar-refractivity contribution in [2.45, 2.75) is 51.4 Å². The highest BCUT2D eigenvalue weighted by Gasteiger charge is 2.05. The van der Waals surface area contributed by atoms with Crippen LogP contribution in [-0.4, -0.2) is 39.2 Å². The summed E-state index contributed by atoms with van der Waals surface area (Å²) in [5, 5.41) is 9.06. The van der Waals surface area contributed by atoms with Gasteiger partial charge in [-0.1, -0.05) is 23.5 Å². The molecule has 0 atom stereocenters. The molecular formula is C14H26O3S3. The molecule has 0 aromatic carbocycles. The van der Waals surface area contributed by atoms with E-state index in [1.165, 1.54) is 23.5 Å². The van der Waals surface area contributed by atoms with E-state index in [9.17, 15) is 9.59 Å². The second-order valence-corrected chi connectivity index (χ2v) is 7.26. The minimum absolute atomic E-state index is 0.197. The van der Waals surface area contributed by atoms with Gasteiger partial charge < -0.3 is 5.11 Å². The molecule has 0 aliphatic carbocycles. The first-order valence-electron chi connectivity index (χ1n) is 7.23. The zero-order valence-electron chi connectivity index (χ0n) is 12.0. The van der Waals surface area contributed by atoms with Crippen molar-refractivity contribution in [3.8, 4) is 0 Å². The molecule has 0 unspecified atom stereocenters. The van der Waals surface area contributed by atoms with Crippen LogP contribution in [0.2, 0.25) is 0 Å². The normalized spacial score (nSPS) is 10.7. The van der Waals surface area contributed by atoms with E-state index in [0.29, 0.717) is 12.8 Å². The standard InChI is InChI=1S/C14H26O3S3/c15-9-3-5-11-19-13(16)7-1-2-8-14(17)20-12-6-4-10-18/h15,18H,1-12H2. The van der Waals surface area contributed by atoms with E-state index in [4.69, 9.17) is 5.11 Å². The smallest absolute Gasteiger partial charge is 0.188 e. The van der Waals surface area contributed by atoms with Crippen LogP contribution in [0.1, 0.15) is 51.4 Å². The Morgan fingerprint density at radius 1 is 0.800 bits per heavy atom. The monoisotopic (exact) mass is 338 g/mol. The fourth-order valence-electron chi connectivity index (χ4n) is 1.48. The molecule has 0 aliphatic rings. The highest BCUT2D eigenvalue weighted by molar-refractivity contribution is 8.13. The van der Waals surface area contributed by atoms with E-state index in [0.717, 1.165) is 55.8 Å². The van der Waals surface area contributed by atoms with Crippen LogP contribution >= 0.6 is 36.2 Å². The van der Waals surface area contributed by atoms with Gasteiger partial charge in [-0.3, -0.25) is 9.59 Å². The van der Waals surface area contributed by atoms with E-state index >= 15 is 0 Å². The number of hydrogen-bond acceptors (Lipinski definition) is 6. The van der Waals surface area contributed by atoms with Crippen LogP contribution in [0.3, 0.4) is 0 Å². The zero-order chi connectivity index (χ0) is 15.1. The highest BCUT2D eigenvalue weighted by atomic mass is 32.2. The third-order valence-electron chi connectivity index (χ3n) is 2.64. The quantitative estimate of drug-likeness (QED) is 0.397. The van der Waals surface area contributed by atoms with E-state index < -0.39 is 0 Å². The minimum atomic E-state index is 0.197. The summed E-state index contributed by atoms with van der Waals surface area (Å²) in [5.41, 5.74) is 0. The summed E-state index contributed by atoms with van der Waals surface area (Å²) >= 11 is 6.88. The van der Waals surface area contributed by atoms with Gasteiger partial charge in [-0.25, -0.2) is 0 Å². The Morgan fingerprint density at radius 3 is 1.75 bits per heavy atom. The number of carbonyl (C=O) groups excluding carboxylic acids is 2. The van der Waals surface area contributed by atoms with Crippen molar-refractivity contribution >= 4 is 46.4 Å². The summed E-state index contributed by atoms with van der Waals surface area (Å²) in [6.45, 7) is 0.197. The van der Waals surface area contributed by atoms with Gasteiger partial charge in [0.05, 0.1) is 0 Å². The molecule has 0 aliphatic heterocycles. The average molecular weight is 339 g/mol. The van der Waals surface area contributed by atoms with Gasteiger partial charge >= 0.3 is 0 Å². The molecule has 0 amide bonds. The van der Waals surface area contributed by atoms with Crippen molar-refractivity contribution in [2.24, 2.45) is 0 Å². The Kier molecular flexibility index (Phi) is 16.0. The van der Waals surface area contributed by atoms with Crippen LogP contribution in [0.4, 0.5) is 0 Å². The molecule has 0 heterocycles. The number of aliphatic hydroxyl groups is 1. The maximum atomic E-state index is 11.5. The van der Waals surface area contributed by atoms with Gasteiger partial charge in [0.15, 0.2) is 10.2 Å². The Labute approximate surface area is 136 Å². The Bertz CT molecular complexity index is 234. The van der Waals surface area contributed by atoms with Crippen LogP contribution in [0, 0.1) is 0 Å². The number of thioether (sulfide) groups is 2. The fourth-order valence-corrected chi connectivity index (χ4v) is 3.44. The number of carbonyl (C=O) groups is 2. The van der Waals surface area contributed by atoms with Crippen molar-refractivity contribution in [1.82, 2.24) is 0 Å². The molecular weight excluding hydrogens is 312 g/mol. The third kappa shape index (κ3) is 14.8. The van der Waals surface area contributed by atoms with Crippen LogP contribution in [-0.2, 0) is 9.59 Å². The maximum Gasteiger partial charge on any atom is 0.188 e. The second kappa shape index (κ2) is 15.7. The first-order valence-corrected chi connectivity index (χ1v) is 9.84. The SMILES string of the molecule is O=C(CCCCC(=O)SCCCCS)SCCCCO. The number of aliphatic hydroxyl groups excluding tert-OH is 1. The molecule has 0 aromatic heterocycles. The molecule has 0 saturated carbocycles. The van der Waals surface area contributed by atoms with Crippen LogP contribution in [0.15, 0.2) is 0 Å². The molecule has 1 N–H and O–H groups in total. The summed E-state index contributed by atoms with van der Waals surface area (Å²) in [5.74, 6) is 2.56. The molecule has 6 heteroatoms. The summed E-state index contributed by atoms with van der Waals surface area (Å²) < 4.78 is 0. The lowest BCUT2D eigenvalue weighted by Gasteiger charge is -2.02. The molecule has 3 nitrogen and oxygen atoms in total. The first-order chi connectivity index (χ1) is 9.70. The molecule has 0 fully saturated rings. The Balaban J connectivity index is 3.32. The van der Waals surface area contributed by atoms with E-state index in [1.54, 1.807) is 0 Å². The Hall–Kier alpha value is 0.350. The summed E-state index contributed by atoms with van der Waals surface area (Å²) in [4.78, 5) is 23.0. The van der Waals surface area contributed by atoms with Crippen molar-refractivity contribution < 1.29 is 14.7 Å². The topological polar surface area (TPSA) is 54.4 Å². The minimum Gasteiger partial charge on any atom is -0.396 e. The van der Waals surface area contributed by atoms with Gasteiger partial charge in [-0.2, -0.15) is 12.6 Å². The summed E-state index contributed by atoms with van der Waals surface area (Å²) in [6, 6.07) is 0. The maximum absolute atomic E-state index is 11.5. The van der Waals surface area contributed by atoms with E-state index in [1.807, 2.05) is 0 Å². The number of unbranched alkanes of at least 4 members (excludes halogenated alkanes) is 3. The lowest BCUT2D eigenvalue weighted by Crippen LogP contribution is -1.97. The van der Waals surface area contributed by atoms with Crippen molar-refractivity contribution in [1.29, 1.82) is 0 Å². The largest absolute Gasteiger partial charge is 0.396 e. The third-order valence-corrected chi connectivity index (χ3v) is 5.00. The lowest BCUT2D eigenvalue weighted by molar-refractivity contribution is -0.112. The van der Waals surface area contributed by atoms with Crippen molar-refractivity contribution in [3.63, 3.8) is 0 Å². The number of thiol groups is 1. The zero-order valence-corrected chi connectivity index (χ0v) is 14.5. The summed E-state index contributed by atoms with van der Waals surface area (Å²) in [7, 11) is 0. The van der Waals surface area contributed by atoms with Crippen molar-refractivity contribution in [3.05, 3.63) is 0 Å². The van der Waals surface area contributed by atoms with E-state index in [2.05, 4.69) is 12.6 Å². The number of rotatable bonds is 13. The molecule has 0 aromatic rings. The van der Waals surface area contributed by atoms with Gasteiger partial charge in [-0.15, -0.1) is 0 Å². The van der Waals surface area contributed by atoms with Crippen LogP contribution in [0.5, 0.6) is 0 Å². The van der Waals surface area contributed by atoms with Gasteiger partial charge in [-0.05, 0) is 44.3 Å². The molecule has 118 valence electrons. The van der Waals surface area contributed by atoms with E-state index in [-0.39, 0.29) is 16.8 Å². The van der Waals surface area contributed by atoms with Gasteiger partial charge in [0.25, 0.3) is 0 Å². The predicted molar refractivity (Wildman–Crippen MR) is 92.8 cm³/mol. The Morgan fingerprint density at radius 2 is 1.30 bits per heavy atom. The fraction of sp³-hybridized carbons (Fsp3) is 0.857. The lowest BCUT2D eigenvalue weighted by atomic mass is 10.2. The molecule has 0 rings (SSSR count). The first kappa shape index (κ1) is 20.3. The molecule has 0 saturated heterocycles. The summed E-state index contributed by atoms with van der Waals surface area (Å²) in [6.07, 6.45) is 6.49. The number of hydrogen-bond donors (Lipinski definition) is 2. The van der Waals surface area contributed by atoms with Gasteiger partial charge in [0, 0.05) is 31.0 Å². The predicted octanol–water partition coefficient (Wildman–Crippen LogP) is 3.55. The van der Waals surface area contributed by atoms with Crippen LogP contribution in [0.25, 0.3) is 0 Å². The molecule has 0 bridgehead atoms. The average Bonchev–Trinajstić information content (AvgIpc) is 2.44. The second-order valence-electron chi connectivity index (χ2n) is 4.51. The molecule has 0 spiro atoms. The van der Waals surface area contributed by atoms with Gasteiger partial charge in [0.1, 0.15) is 0 Å². The van der Waals surface area contributed by atoms with Crippen LogP contribution < -0.4 is 0 Å². The van der Waals surface area contributed by atoms with Gasteiger partial charge in [0.2, 0.25) is 0 Å². The highest BCUT2D eigenvalue weighted by Crippen LogP contribution is 2.15. The molecule has 0 radical (unpaired) electrons. The molecule has 20 heavy (non-hydrogen) atoms.